The van der Waals surface area contributed by atoms with Gasteiger partial charge in [0.2, 0.25) is 0 Å². The fourth-order valence-electron chi connectivity index (χ4n) is 4.41. The smallest absolute Gasteiger partial charge is 0.0147 e. The van der Waals surface area contributed by atoms with Crippen molar-refractivity contribution >= 4 is 0 Å². The molecule has 0 aromatic carbocycles. The van der Waals surface area contributed by atoms with Gasteiger partial charge in [0, 0.05) is 0 Å². The Labute approximate surface area is 141 Å². The SMILES string of the molecule is CCCC(C)(C=CC(C)C)CCCCCC1(C)CCC(C)C1. The highest BCUT2D eigenvalue weighted by Crippen LogP contribution is 2.45. The van der Waals surface area contributed by atoms with Gasteiger partial charge in [-0.3, -0.25) is 0 Å². The highest BCUT2D eigenvalue weighted by atomic mass is 14.4. The third-order valence-electron chi connectivity index (χ3n) is 5.81. The Bertz CT molecular complexity index is 327. The van der Waals surface area contributed by atoms with Crippen molar-refractivity contribution in [3.63, 3.8) is 0 Å². The summed E-state index contributed by atoms with van der Waals surface area (Å²) in [4.78, 5) is 0. The minimum Gasteiger partial charge on any atom is -0.0854 e. The molecule has 1 fully saturated rings. The summed E-state index contributed by atoms with van der Waals surface area (Å²) in [6.07, 6.45) is 19.1. The molecule has 22 heavy (non-hydrogen) atoms. The lowest BCUT2D eigenvalue weighted by atomic mass is 9.78. The molecule has 1 aliphatic rings. The second-order valence-electron chi connectivity index (χ2n) is 9.23. The van der Waals surface area contributed by atoms with E-state index in [9.17, 15) is 0 Å². The molecule has 0 amide bonds. The average molecular weight is 307 g/mol. The number of hydrogen-bond acceptors (Lipinski definition) is 0. The van der Waals surface area contributed by atoms with Crippen molar-refractivity contribution < 1.29 is 0 Å². The van der Waals surface area contributed by atoms with Gasteiger partial charge in [0.1, 0.15) is 0 Å². The van der Waals surface area contributed by atoms with Crippen LogP contribution in [-0.4, -0.2) is 0 Å². The van der Waals surface area contributed by atoms with Gasteiger partial charge < -0.3 is 0 Å². The van der Waals surface area contributed by atoms with Crippen LogP contribution < -0.4 is 0 Å². The van der Waals surface area contributed by atoms with Crippen LogP contribution in [0.25, 0.3) is 0 Å². The van der Waals surface area contributed by atoms with Crippen LogP contribution in [0.2, 0.25) is 0 Å². The summed E-state index contributed by atoms with van der Waals surface area (Å²) < 4.78 is 0. The van der Waals surface area contributed by atoms with E-state index in [0.29, 0.717) is 16.7 Å². The van der Waals surface area contributed by atoms with Gasteiger partial charge >= 0.3 is 0 Å². The first kappa shape index (κ1) is 19.8. The first-order valence-electron chi connectivity index (χ1n) is 9.98. The topological polar surface area (TPSA) is 0 Å². The molecule has 0 saturated heterocycles. The monoisotopic (exact) mass is 306 g/mol. The maximum atomic E-state index is 2.53. The van der Waals surface area contributed by atoms with E-state index >= 15 is 0 Å². The molecule has 3 atom stereocenters. The molecular formula is C22H42. The minimum atomic E-state index is 0.435. The third kappa shape index (κ3) is 7.34. The molecule has 1 saturated carbocycles. The van der Waals surface area contributed by atoms with Gasteiger partial charge in [0.25, 0.3) is 0 Å². The van der Waals surface area contributed by atoms with Crippen molar-refractivity contribution in [2.45, 2.75) is 106 Å². The summed E-state index contributed by atoms with van der Waals surface area (Å²) in [7, 11) is 0. The second kappa shape index (κ2) is 9.14. The fourth-order valence-corrected chi connectivity index (χ4v) is 4.41. The van der Waals surface area contributed by atoms with E-state index in [1.807, 2.05) is 0 Å². The molecule has 0 aromatic heterocycles. The Balaban J connectivity index is 2.28. The maximum absolute atomic E-state index is 2.53. The zero-order valence-corrected chi connectivity index (χ0v) is 16.4. The summed E-state index contributed by atoms with van der Waals surface area (Å²) >= 11 is 0. The number of rotatable bonds is 10. The Hall–Kier alpha value is -0.260. The Morgan fingerprint density at radius 2 is 1.91 bits per heavy atom. The van der Waals surface area contributed by atoms with E-state index < -0.39 is 0 Å². The standard InChI is InChI=1S/C22H42/c1-7-13-21(5,16-11-19(2)3)14-9-8-10-15-22(6)17-12-20(4)18-22/h11,16,19-20H,7-10,12-15,17-18H2,1-6H3. The Kier molecular flexibility index (Phi) is 8.22. The largest absolute Gasteiger partial charge is 0.0854 e. The number of allylic oxidation sites excluding steroid dienone is 2. The van der Waals surface area contributed by atoms with Crippen LogP contribution in [0.1, 0.15) is 106 Å². The van der Waals surface area contributed by atoms with Crippen molar-refractivity contribution in [3.05, 3.63) is 12.2 Å². The lowest BCUT2D eigenvalue weighted by molar-refractivity contribution is 0.277. The van der Waals surface area contributed by atoms with Crippen LogP contribution in [0.4, 0.5) is 0 Å². The Morgan fingerprint density at radius 1 is 1.18 bits per heavy atom. The number of hydrogen-bond donors (Lipinski definition) is 0. The van der Waals surface area contributed by atoms with Crippen LogP contribution in [0.15, 0.2) is 12.2 Å². The molecule has 130 valence electrons. The van der Waals surface area contributed by atoms with E-state index in [2.05, 4.69) is 53.7 Å². The molecule has 0 heteroatoms. The maximum Gasteiger partial charge on any atom is -0.0147 e. The quantitative estimate of drug-likeness (QED) is 0.285. The first-order valence-corrected chi connectivity index (χ1v) is 9.98. The molecule has 0 nitrogen and oxygen atoms in total. The van der Waals surface area contributed by atoms with Crippen molar-refractivity contribution in [2.24, 2.45) is 22.7 Å². The molecular weight excluding hydrogens is 264 g/mol. The van der Waals surface area contributed by atoms with Crippen molar-refractivity contribution in [1.29, 1.82) is 0 Å². The molecule has 3 unspecified atom stereocenters. The predicted octanol–water partition coefficient (Wildman–Crippen LogP) is 7.78. The van der Waals surface area contributed by atoms with Gasteiger partial charge in [-0.05, 0) is 54.8 Å². The van der Waals surface area contributed by atoms with Crippen LogP contribution in [-0.2, 0) is 0 Å². The molecule has 1 rings (SSSR count). The fraction of sp³-hybridized carbons (Fsp3) is 0.909. The van der Waals surface area contributed by atoms with E-state index in [1.165, 1.54) is 64.2 Å². The highest BCUT2D eigenvalue weighted by molar-refractivity contribution is 4.98. The van der Waals surface area contributed by atoms with E-state index in [4.69, 9.17) is 0 Å². The van der Waals surface area contributed by atoms with Gasteiger partial charge in [-0.1, -0.05) is 85.8 Å². The van der Waals surface area contributed by atoms with Gasteiger partial charge in [-0.2, -0.15) is 0 Å². The molecule has 1 aliphatic carbocycles. The van der Waals surface area contributed by atoms with E-state index in [1.54, 1.807) is 0 Å². The van der Waals surface area contributed by atoms with Crippen LogP contribution in [0, 0.1) is 22.7 Å². The first-order chi connectivity index (χ1) is 10.3. The van der Waals surface area contributed by atoms with Crippen LogP contribution in [0.3, 0.4) is 0 Å². The lowest BCUT2D eigenvalue weighted by Gasteiger charge is -2.27. The van der Waals surface area contributed by atoms with Crippen LogP contribution in [0.5, 0.6) is 0 Å². The molecule has 0 N–H and O–H groups in total. The van der Waals surface area contributed by atoms with Gasteiger partial charge in [0.15, 0.2) is 0 Å². The average Bonchev–Trinajstić information content (AvgIpc) is 2.77. The zero-order valence-electron chi connectivity index (χ0n) is 16.4. The zero-order chi connectivity index (χ0) is 16.6. The molecule has 0 spiro atoms. The molecule has 0 aromatic rings. The number of unbranched alkanes of at least 4 members (excludes halogenated alkanes) is 2. The predicted molar refractivity (Wildman–Crippen MR) is 101 cm³/mol. The Morgan fingerprint density at radius 3 is 2.45 bits per heavy atom. The summed E-state index contributed by atoms with van der Waals surface area (Å²) in [6.45, 7) is 14.3. The van der Waals surface area contributed by atoms with Crippen molar-refractivity contribution in [1.82, 2.24) is 0 Å². The summed E-state index contributed by atoms with van der Waals surface area (Å²) in [5.41, 5.74) is 1.11. The van der Waals surface area contributed by atoms with Crippen LogP contribution >= 0.6 is 0 Å². The van der Waals surface area contributed by atoms with E-state index in [-0.39, 0.29) is 0 Å². The van der Waals surface area contributed by atoms with Gasteiger partial charge in [-0.25, -0.2) is 0 Å². The van der Waals surface area contributed by atoms with E-state index in [0.717, 1.165) is 5.92 Å². The summed E-state index contributed by atoms with van der Waals surface area (Å²) in [5.74, 6) is 1.65. The summed E-state index contributed by atoms with van der Waals surface area (Å²) in [6, 6.07) is 0. The van der Waals surface area contributed by atoms with Gasteiger partial charge in [0.05, 0.1) is 0 Å². The molecule has 0 radical (unpaired) electrons. The normalized spacial score (nSPS) is 28.6. The molecule has 0 bridgehead atoms. The highest BCUT2D eigenvalue weighted by Gasteiger charge is 2.32. The lowest BCUT2D eigenvalue weighted by Crippen LogP contribution is -2.14. The third-order valence-corrected chi connectivity index (χ3v) is 5.81. The molecule has 0 aliphatic heterocycles. The second-order valence-corrected chi connectivity index (χ2v) is 9.23. The van der Waals surface area contributed by atoms with Crippen molar-refractivity contribution in [3.8, 4) is 0 Å². The van der Waals surface area contributed by atoms with Gasteiger partial charge in [-0.15, -0.1) is 0 Å². The summed E-state index contributed by atoms with van der Waals surface area (Å²) in [5, 5.41) is 0. The van der Waals surface area contributed by atoms with Crippen molar-refractivity contribution in [2.75, 3.05) is 0 Å². The minimum absolute atomic E-state index is 0.435. The molecule has 0 heterocycles.